The van der Waals surface area contributed by atoms with E-state index in [1.807, 2.05) is 6.08 Å². The van der Waals surface area contributed by atoms with E-state index in [2.05, 4.69) is 43.5 Å². The Morgan fingerprint density at radius 1 is 0.337 bits per heavy atom. The van der Waals surface area contributed by atoms with Gasteiger partial charge in [-0.25, -0.2) is 0 Å². The summed E-state index contributed by atoms with van der Waals surface area (Å²) in [6, 6.07) is -0.932. The predicted molar refractivity (Wildman–Crippen MR) is 434 cm³/mol. The van der Waals surface area contributed by atoms with Gasteiger partial charge in [-0.2, -0.15) is 0 Å². The lowest BCUT2D eigenvalue weighted by Gasteiger charge is -2.46. The number of allylic oxidation sites excluding steroid dienone is 5. The molecule has 0 aromatic carbocycles. The standard InChI is InChI=1S/C90H171NO13/c1-3-5-7-9-11-13-15-17-19-21-23-25-27-29-31-33-35-37-38-39-40-42-44-46-48-50-52-54-56-58-60-62-64-66-68-70-72-74-82(95)91-78(77-101-89-87(100)85(98)88(81(76-93)103-89)104-90-86(99)84(97)83(96)80(75-92)102-90)79(94)73-71-69-67-65-63-61-59-57-55-53-51-49-47-45-43-41-36-34-32-30-28-26-24-22-20-18-16-14-12-10-8-6-4-2/h21,23,63,65,71,73,78-81,83-90,92-94,96-100H,3-20,22,24-62,64,66-70,72,74-77H2,1-2H3,(H,91,95)/b23-21-,65-63+,73-71+. The Labute approximate surface area is 640 Å². The summed E-state index contributed by atoms with van der Waals surface area (Å²) in [6.45, 7) is 2.86. The lowest BCUT2D eigenvalue weighted by Crippen LogP contribution is -2.65. The number of hydrogen-bond acceptors (Lipinski definition) is 13. The fourth-order valence-electron chi connectivity index (χ4n) is 15.2. The first kappa shape index (κ1) is 98.3. The highest BCUT2D eigenvalue weighted by atomic mass is 16.7. The van der Waals surface area contributed by atoms with Crippen LogP contribution in [0.3, 0.4) is 0 Å². The molecule has 2 aliphatic rings. The van der Waals surface area contributed by atoms with Crippen LogP contribution in [-0.2, 0) is 23.7 Å². The van der Waals surface area contributed by atoms with Crippen LogP contribution in [0.15, 0.2) is 36.5 Å². The lowest BCUT2D eigenvalue weighted by molar-refractivity contribution is -0.359. The molecule has 2 saturated heterocycles. The van der Waals surface area contributed by atoms with E-state index in [0.717, 1.165) is 32.1 Å². The molecule has 0 bridgehead atoms. The molecule has 104 heavy (non-hydrogen) atoms. The number of rotatable bonds is 78. The number of carbonyl (C=O) groups excluding carboxylic acids is 1. The van der Waals surface area contributed by atoms with Gasteiger partial charge in [-0.1, -0.05) is 410 Å². The quantitative estimate of drug-likeness (QED) is 0.0204. The molecule has 2 fully saturated rings. The van der Waals surface area contributed by atoms with Crippen molar-refractivity contribution in [3.05, 3.63) is 36.5 Å². The molecule has 12 atom stereocenters. The third-order valence-corrected chi connectivity index (χ3v) is 22.3. The molecule has 0 saturated carbocycles. The number of carbonyl (C=O) groups is 1. The maximum absolute atomic E-state index is 13.4. The molecule has 0 spiro atoms. The highest BCUT2D eigenvalue weighted by molar-refractivity contribution is 5.76. The van der Waals surface area contributed by atoms with Crippen molar-refractivity contribution in [2.24, 2.45) is 0 Å². The van der Waals surface area contributed by atoms with Crippen molar-refractivity contribution < 1.29 is 64.6 Å². The Balaban J connectivity index is 1.57. The molecule has 614 valence electrons. The minimum atomic E-state index is -1.79. The van der Waals surface area contributed by atoms with Gasteiger partial charge in [-0.05, 0) is 57.8 Å². The highest BCUT2D eigenvalue weighted by Crippen LogP contribution is 2.31. The zero-order valence-electron chi connectivity index (χ0n) is 67.8. The van der Waals surface area contributed by atoms with Gasteiger partial charge >= 0.3 is 0 Å². The van der Waals surface area contributed by atoms with Gasteiger partial charge in [0.25, 0.3) is 0 Å². The Hall–Kier alpha value is -1.79. The summed E-state index contributed by atoms with van der Waals surface area (Å²) in [7, 11) is 0. The minimum Gasteiger partial charge on any atom is -0.394 e. The fraction of sp³-hybridized carbons (Fsp3) is 0.922. The topological polar surface area (TPSA) is 228 Å². The molecule has 2 aliphatic heterocycles. The van der Waals surface area contributed by atoms with E-state index in [1.54, 1.807) is 6.08 Å². The second-order valence-corrected chi connectivity index (χ2v) is 32.1. The Morgan fingerprint density at radius 3 is 0.942 bits per heavy atom. The second-order valence-electron chi connectivity index (χ2n) is 32.1. The van der Waals surface area contributed by atoms with Gasteiger partial charge in [0.2, 0.25) is 5.91 Å². The SMILES string of the molecule is CCCCCCCCCC/C=C\CCCCCCCCCCCCCCCCCCCCCCCCCCCC(=O)NC(COC1OC(CO)C(OC2OC(CO)C(O)C(O)C2O)C(O)C1O)C(O)/C=C/CC/C=C/CCCCCCCCCCCCCCCCCCCCCCCCCCCCC. The third-order valence-electron chi connectivity index (χ3n) is 22.3. The van der Waals surface area contributed by atoms with Crippen LogP contribution in [0.4, 0.5) is 0 Å². The van der Waals surface area contributed by atoms with Crippen molar-refractivity contribution in [1.29, 1.82) is 0 Å². The zero-order chi connectivity index (χ0) is 75.1. The molecule has 1 amide bonds. The van der Waals surface area contributed by atoms with Gasteiger partial charge in [0.15, 0.2) is 12.6 Å². The molecule has 12 unspecified atom stereocenters. The van der Waals surface area contributed by atoms with Crippen molar-refractivity contribution >= 4 is 5.91 Å². The highest BCUT2D eigenvalue weighted by Gasteiger charge is 2.51. The second kappa shape index (κ2) is 74.0. The predicted octanol–water partition coefficient (Wildman–Crippen LogP) is 21.9. The summed E-state index contributed by atoms with van der Waals surface area (Å²) in [5, 5.41) is 87.8. The Bertz CT molecular complexity index is 1890. The van der Waals surface area contributed by atoms with Crippen LogP contribution in [-0.4, -0.2) is 140 Å². The molecule has 0 aliphatic carbocycles. The van der Waals surface area contributed by atoms with Crippen LogP contribution < -0.4 is 5.32 Å². The molecule has 0 radical (unpaired) electrons. The monoisotopic (exact) mass is 1470 g/mol. The number of hydrogen-bond donors (Lipinski definition) is 9. The van der Waals surface area contributed by atoms with Crippen molar-refractivity contribution in [2.75, 3.05) is 19.8 Å². The van der Waals surface area contributed by atoms with Crippen LogP contribution >= 0.6 is 0 Å². The molecule has 14 nitrogen and oxygen atoms in total. The van der Waals surface area contributed by atoms with Crippen LogP contribution in [0.5, 0.6) is 0 Å². The van der Waals surface area contributed by atoms with Crippen LogP contribution in [0.25, 0.3) is 0 Å². The smallest absolute Gasteiger partial charge is 0.220 e. The molecule has 14 heteroatoms. The zero-order valence-corrected chi connectivity index (χ0v) is 67.8. The number of aliphatic hydroxyl groups excluding tert-OH is 8. The normalized spacial score (nSPS) is 21.6. The first-order chi connectivity index (χ1) is 51.1. The van der Waals surface area contributed by atoms with E-state index in [1.165, 1.54) is 372 Å². The van der Waals surface area contributed by atoms with Gasteiger partial charge in [0, 0.05) is 6.42 Å². The van der Waals surface area contributed by atoms with Crippen molar-refractivity contribution in [2.45, 2.75) is 511 Å². The summed E-state index contributed by atoms with van der Waals surface area (Å²) in [5.74, 6) is -0.239. The Morgan fingerprint density at radius 2 is 0.615 bits per heavy atom. The molecular weight excluding hydrogens is 1300 g/mol. The van der Waals surface area contributed by atoms with Gasteiger partial charge in [-0.3, -0.25) is 4.79 Å². The molecule has 0 aromatic rings. The summed E-state index contributed by atoms with van der Waals surface area (Å²) in [4.78, 5) is 13.4. The number of ether oxygens (including phenoxy) is 4. The fourth-order valence-corrected chi connectivity index (χ4v) is 15.2. The van der Waals surface area contributed by atoms with E-state index >= 15 is 0 Å². The average Bonchev–Trinajstić information content (AvgIpc) is 0.790. The first-order valence-corrected chi connectivity index (χ1v) is 45.2. The summed E-state index contributed by atoms with van der Waals surface area (Å²) >= 11 is 0. The van der Waals surface area contributed by atoms with Crippen molar-refractivity contribution in [3.8, 4) is 0 Å². The molecular formula is C90H171NO13. The summed E-state index contributed by atoms with van der Waals surface area (Å²) < 4.78 is 22.9. The van der Waals surface area contributed by atoms with E-state index in [-0.39, 0.29) is 18.9 Å². The van der Waals surface area contributed by atoms with Crippen LogP contribution in [0, 0.1) is 0 Å². The number of amides is 1. The third kappa shape index (κ3) is 55.6. The molecule has 2 rings (SSSR count). The number of unbranched alkanes of at least 4 members (excludes halogenated alkanes) is 61. The maximum atomic E-state index is 13.4. The first-order valence-electron chi connectivity index (χ1n) is 45.2. The van der Waals surface area contributed by atoms with E-state index in [0.29, 0.717) is 12.8 Å². The Kier molecular flexibility index (Phi) is 69.9. The van der Waals surface area contributed by atoms with Crippen LogP contribution in [0.2, 0.25) is 0 Å². The summed E-state index contributed by atoms with van der Waals surface area (Å²) in [6.07, 6.45) is 82.8. The molecule has 2 heterocycles. The summed E-state index contributed by atoms with van der Waals surface area (Å²) in [5.41, 5.74) is 0. The van der Waals surface area contributed by atoms with Crippen molar-refractivity contribution in [3.63, 3.8) is 0 Å². The van der Waals surface area contributed by atoms with Gasteiger partial charge in [0.1, 0.15) is 48.8 Å². The van der Waals surface area contributed by atoms with Gasteiger partial charge in [-0.15, -0.1) is 0 Å². The van der Waals surface area contributed by atoms with Gasteiger partial charge in [0.05, 0.1) is 32.0 Å². The number of nitrogens with one attached hydrogen (secondary N) is 1. The average molecular weight is 1480 g/mol. The lowest BCUT2D eigenvalue weighted by atomic mass is 9.97. The van der Waals surface area contributed by atoms with Crippen molar-refractivity contribution in [1.82, 2.24) is 5.32 Å². The minimum absolute atomic E-state index is 0.239. The largest absolute Gasteiger partial charge is 0.394 e. The maximum Gasteiger partial charge on any atom is 0.220 e. The van der Waals surface area contributed by atoms with Crippen LogP contribution in [0.1, 0.15) is 438 Å². The van der Waals surface area contributed by atoms with E-state index in [9.17, 15) is 45.6 Å². The van der Waals surface area contributed by atoms with E-state index in [4.69, 9.17) is 18.9 Å². The van der Waals surface area contributed by atoms with Gasteiger partial charge < -0.3 is 65.1 Å². The molecule has 0 aromatic heterocycles. The van der Waals surface area contributed by atoms with E-state index < -0.39 is 86.8 Å². The number of aliphatic hydroxyl groups is 8. The molecule has 9 N–H and O–H groups in total.